The lowest BCUT2D eigenvalue weighted by Crippen LogP contribution is -2.23. The smallest absolute Gasteiger partial charge is 0.246 e. The predicted molar refractivity (Wildman–Crippen MR) is 83.2 cm³/mol. The SMILES string of the molecule is Cc1ccc(OCc2nc(C)cs2)c(S(=O)(=O)N(C)C)c1. The molecule has 5 nitrogen and oxygen atoms in total. The molecule has 0 radical (unpaired) electrons. The number of hydrogen-bond acceptors (Lipinski definition) is 5. The van der Waals surface area contributed by atoms with E-state index in [1.54, 1.807) is 12.1 Å². The van der Waals surface area contributed by atoms with E-state index in [4.69, 9.17) is 4.74 Å². The Balaban J connectivity index is 2.31. The van der Waals surface area contributed by atoms with Crippen LogP contribution in [-0.2, 0) is 16.6 Å². The van der Waals surface area contributed by atoms with E-state index in [1.165, 1.54) is 29.7 Å². The van der Waals surface area contributed by atoms with Crippen LogP contribution in [0.5, 0.6) is 5.75 Å². The summed E-state index contributed by atoms with van der Waals surface area (Å²) in [7, 11) is -0.527. The monoisotopic (exact) mass is 326 g/mol. The summed E-state index contributed by atoms with van der Waals surface area (Å²) >= 11 is 1.50. The molecule has 21 heavy (non-hydrogen) atoms. The van der Waals surface area contributed by atoms with Gasteiger partial charge in [0.1, 0.15) is 22.3 Å². The van der Waals surface area contributed by atoms with Gasteiger partial charge in [0.25, 0.3) is 0 Å². The van der Waals surface area contributed by atoms with Gasteiger partial charge in [-0.2, -0.15) is 0 Å². The number of ether oxygens (including phenoxy) is 1. The molecule has 114 valence electrons. The topological polar surface area (TPSA) is 59.5 Å². The van der Waals surface area contributed by atoms with Crippen molar-refractivity contribution in [2.75, 3.05) is 14.1 Å². The fourth-order valence-electron chi connectivity index (χ4n) is 1.74. The molecule has 0 atom stereocenters. The van der Waals surface area contributed by atoms with E-state index < -0.39 is 10.0 Å². The number of aryl methyl sites for hydroxylation is 2. The molecule has 0 N–H and O–H groups in total. The van der Waals surface area contributed by atoms with E-state index >= 15 is 0 Å². The molecule has 0 aliphatic carbocycles. The molecule has 0 saturated heterocycles. The minimum Gasteiger partial charge on any atom is -0.485 e. The van der Waals surface area contributed by atoms with E-state index in [9.17, 15) is 8.42 Å². The van der Waals surface area contributed by atoms with Gasteiger partial charge in [-0.25, -0.2) is 17.7 Å². The van der Waals surface area contributed by atoms with Crippen molar-refractivity contribution in [1.29, 1.82) is 0 Å². The normalized spacial score (nSPS) is 11.9. The Labute approximate surface area is 129 Å². The highest BCUT2D eigenvalue weighted by Gasteiger charge is 2.22. The maximum Gasteiger partial charge on any atom is 0.246 e. The fourth-order valence-corrected chi connectivity index (χ4v) is 3.53. The van der Waals surface area contributed by atoms with E-state index in [0.29, 0.717) is 5.75 Å². The molecule has 2 rings (SSSR count). The van der Waals surface area contributed by atoms with Crippen LogP contribution < -0.4 is 4.74 Å². The molecule has 2 aromatic rings. The first-order valence-electron chi connectivity index (χ1n) is 6.37. The van der Waals surface area contributed by atoms with Gasteiger partial charge in [0.15, 0.2) is 0 Å². The van der Waals surface area contributed by atoms with E-state index in [-0.39, 0.29) is 11.5 Å². The van der Waals surface area contributed by atoms with Gasteiger partial charge < -0.3 is 4.74 Å². The van der Waals surface area contributed by atoms with Crippen LogP contribution in [-0.4, -0.2) is 31.8 Å². The molecule has 1 heterocycles. The van der Waals surface area contributed by atoms with Gasteiger partial charge in [0.2, 0.25) is 10.0 Å². The third-order valence-electron chi connectivity index (χ3n) is 2.88. The van der Waals surface area contributed by atoms with Crippen LogP contribution >= 0.6 is 11.3 Å². The predicted octanol–water partition coefficient (Wildman–Crippen LogP) is 2.59. The molecule has 0 bridgehead atoms. The van der Waals surface area contributed by atoms with Crippen molar-refractivity contribution >= 4 is 21.4 Å². The van der Waals surface area contributed by atoms with Gasteiger partial charge in [-0.3, -0.25) is 0 Å². The van der Waals surface area contributed by atoms with Crippen molar-refractivity contribution in [3.63, 3.8) is 0 Å². The third-order valence-corrected chi connectivity index (χ3v) is 5.65. The van der Waals surface area contributed by atoms with E-state index in [0.717, 1.165) is 16.3 Å². The Morgan fingerprint density at radius 3 is 2.57 bits per heavy atom. The lowest BCUT2D eigenvalue weighted by atomic mass is 10.2. The van der Waals surface area contributed by atoms with Gasteiger partial charge in [-0.05, 0) is 31.5 Å². The highest BCUT2D eigenvalue weighted by molar-refractivity contribution is 7.89. The Morgan fingerprint density at radius 2 is 2.00 bits per heavy atom. The maximum atomic E-state index is 12.4. The first-order valence-corrected chi connectivity index (χ1v) is 8.69. The molecule has 0 spiro atoms. The quantitative estimate of drug-likeness (QED) is 0.847. The van der Waals surface area contributed by atoms with Crippen molar-refractivity contribution in [2.24, 2.45) is 0 Å². The summed E-state index contributed by atoms with van der Waals surface area (Å²) in [4.78, 5) is 4.49. The first-order chi connectivity index (χ1) is 9.80. The molecule has 0 amide bonds. The first kappa shape index (κ1) is 15.9. The Kier molecular flexibility index (Phi) is 4.65. The van der Waals surface area contributed by atoms with Gasteiger partial charge in [0, 0.05) is 25.2 Å². The van der Waals surface area contributed by atoms with Crippen molar-refractivity contribution in [2.45, 2.75) is 25.3 Å². The Morgan fingerprint density at radius 1 is 1.29 bits per heavy atom. The minimum atomic E-state index is -3.54. The summed E-state index contributed by atoms with van der Waals surface area (Å²) in [5.41, 5.74) is 1.80. The maximum absolute atomic E-state index is 12.4. The average molecular weight is 326 g/mol. The number of rotatable bonds is 5. The molecular formula is C14H18N2O3S2. The number of thiazole rings is 1. The number of hydrogen-bond donors (Lipinski definition) is 0. The molecule has 0 saturated carbocycles. The molecule has 0 fully saturated rings. The second-order valence-corrected chi connectivity index (χ2v) is 7.97. The number of nitrogens with zero attached hydrogens (tertiary/aromatic N) is 2. The number of sulfonamides is 1. The zero-order valence-electron chi connectivity index (χ0n) is 12.5. The minimum absolute atomic E-state index is 0.181. The van der Waals surface area contributed by atoms with E-state index in [2.05, 4.69) is 4.98 Å². The van der Waals surface area contributed by atoms with Crippen LogP contribution in [0.3, 0.4) is 0 Å². The molecular weight excluding hydrogens is 308 g/mol. The summed E-state index contributed by atoms with van der Waals surface area (Å²) in [6.07, 6.45) is 0. The molecule has 1 aromatic carbocycles. The van der Waals surface area contributed by atoms with Crippen LogP contribution in [0.2, 0.25) is 0 Å². The molecule has 0 aliphatic heterocycles. The van der Waals surface area contributed by atoms with Crippen molar-refractivity contribution in [3.05, 3.63) is 39.8 Å². The van der Waals surface area contributed by atoms with Crippen LogP contribution in [0.4, 0.5) is 0 Å². The third kappa shape index (κ3) is 3.61. The fraction of sp³-hybridized carbons (Fsp3) is 0.357. The van der Waals surface area contributed by atoms with Crippen molar-refractivity contribution in [1.82, 2.24) is 9.29 Å². The molecule has 1 aromatic heterocycles. The summed E-state index contributed by atoms with van der Waals surface area (Å²) in [5.74, 6) is 0.349. The average Bonchev–Trinajstić information content (AvgIpc) is 2.83. The second kappa shape index (κ2) is 6.13. The summed E-state index contributed by atoms with van der Waals surface area (Å²) in [6.45, 7) is 4.02. The zero-order valence-corrected chi connectivity index (χ0v) is 14.1. The van der Waals surface area contributed by atoms with Crippen LogP contribution in [0.25, 0.3) is 0 Å². The summed E-state index contributed by atoms with van der Waals surface area (Å²) in [5, 5.41) is 2.76. The lowest BCUT2D eigenvalue weighted by Gasteiger charge is -2.16. The molecule has 7 heteroatoms. The van der Waals surface area contributed by atoms with Gasteiger partial charge in [-0.1, -0.05) is 6.07 Å². The lowest BCUT2D eigenvalue weighted by molar-refractivity contribution is 0.296. The molecule has 0 unspecified atom stereocenters. The van der Waals surface area contributed by atoms with Crippen LogP contribution in [0, 0.1) is 13.8 Å². The number of benzene rings is 1. The van der Waals surface area contributed by atoms with Crippen LogP contribution in [0.1, 0.15) is 16.3 Å². The summed E-state index contributed by atoms with van der Waals surface area (Å²) < 4.78 is 31.6. The molecule has 0 aliphatic rings. The van der Waals surface area contributed by atoms with Crippen molar-refractivity contribution < 1.29 is 13.2 Å². The number of aromatic nitrogens is 1. The largest absolute Gasteiger partial charge is 0.485 e. The van der Waals surface area contributed by atoms with Gasteiger partial charge >= 0.3 is 0 Å². The zero-order chi connectivity index (χ0) is 15.6. The van der Waals surface area contributed by atoms with Gasteiger partial charge in [0.05, 0.1) is 0 Å². The highest BCUT2D eigenvalue weighted by Crippen LogP contribution is 2.28. The van der Waals surface area contributed by atoms with Gasteiger partial charge in [-0.15, -0.1) is 11.3 Å². The van der Waals surface area contributed by atoms with Crippen molar-refractivity contribution in [3.8, 4) is 5.75 Å². The Bertz CT molecular complexity index is 736. The summed E-state index contributed by atoms with van der Waals surface area (Å²) in [6, 6.07) is 5.14. The van der Waals surface area contributed by atoms with Crippen LogP contribution in [0.15, 0.2) is 28.5 Å². The highest BCUT2D eigenvalue weighted by atomic mass is 32.2. The standard InChI is InChI=1S/C14H18N2O3S2/c1-10-5-6-12(13(7-10)21(17,18)16(3)4)19-8-14-15-11(2)9-20-14/h5-7,9H,8H2,1-4H3. The second-order valence-electron chi connectivity index (χ2n) is 4.91. The Hall–Kier alpha value is -1.44. The van der Waals surface area contributed by atoms with E-state index in [1.807, 2.05) is 25.3 Å².